The molecule has 0 saturated heterocycles. The van der Waals surface area contributed by atoms with Gasteiger partial charge in [0.15, 0.2) is 17.5 Å². The van der Waals surface area contributed by atoms with Gasteiger partial charge in [-0.3, -0.25) is 0 Å². The van der Waals surface area contributed by atoms with Crippen LogP contribution in [0.2, 0.25) is 0 Å². The number of hydrogen-bond donors (Lipinski definition) is 1. The van der Waals surface area contributed by atoms with E-state index in [4.69, 9.17) is 0 Å². The Bertz CT molecular complexity index is 832. The fourth-order valence-electron chi connectivity index (χ4n) is 3.66. The third kappa shape index (κ3) is 3.32. The average molecular weight is 366 g/mol. The molecule has 1 N–H and O–H groups in total. The highest BCUT2D eigenvalue weighted by molar-refractivity contribution is 5.90. The van der Waals surface area contributed by atoms with Crippen LogP contribution in [0.1, 0.15) is 54.4 Å². The molecule has 0 amide bonds. The molecule has 0 radical (unpaired) electrons. The van der Waals surface area contributed by atoms with Crippen LogP contribution in [0.5, 0.6) is 0 Å². The third-order valence-electron chi connectivity index (χ3n) is 5.13. The predicted octanol–water partition coefficient (Wildman–Crippen LogP) is 5.90. The molecule has 0 bridgehead atoms. The lowest BCUT2D eigenvalue weighted by atomic mass is 9.77. The first kappa shape index (κ1) is 18.4. The van der Waals surface area contributed by atoms with Crippen molar-refractivity contribution in [2.45, 2.75) is 38.5 Å². The smallest absolute Gasteiger partial charge is 0.338 e. The van der Waals surface area contributed by atoms with Crippen molar-refractivity contribution in [3.8, 4) is 11.1 Å². The maximum Gasteiger partial charge on any atom is 0.338 e. The fourth-order valence-corrected chi connectivity index (χ4v) is 3.66. The van der Waals surface area contributed by atoms with Crippen LogP contribution in [0.4, 0.5) is 17.6 Å². The second-order valence-electron chi connectivity index (χ2n) is 6.91. The van der Waals surface area contributed by atoms with Gasteiger partial charge in [0.25, 0.3) is 0 Å². The van der Waals surface area contributed by atoms with Crippen molar-refractivity contribution in [1.82, 2.24) is 0 Å². The van der Waals surface area contributed by atoms with Crippen molar-refractivity contribution in [1.29, 1.82) is 0 Å². The Balaban J connectivity index is 2.20. The summed E-state index contributed by atoms with van der Waals surface area (Å²) < 4.78 is 55.6. The molecule has 0 aliphatic heterocycles. The highest BCUT2D eigenvalue weighted by Crippen LogP contribution is 2.42. The first-order chi connectivity index (χ1) is 12.3. The molecule has 0 atom stereocenters. The van der Waals surface area contributed by atoms with Crippen molar-refractivity contribution in [2.75, 3.05) is 0 Å². The average Bonchev–Trinajstić information content (AvgIpc) is 2.59. The minimum atomic E-state index is -1.64. The summed E-state index contributed by atoms with van der Waals surface area (Å²) in [4.78, 5) is 11.3. The minimum Gasteiger partial charge on any atom is -0.478 e. The van der Waals surface area contributed by atoms with E-state index in [-0.39, 0.29) is 17.0 Å². The largest absolute Gasteiger partial charge is 0.478 e. The van der Waals surface area contributed by atoms with Gasteiger partial charge in [-0.05, 0) is 54.0 Å². The van der Waals surface area contributed by atoms with E-state index in [1.54, 1.807) is 0 Å². The summed E-state index contributed by atoms with van der Waals surface area (Å²) >= 11 is 0. The van der Waals surface area contributed by atoms with Gasteiger partial charge in [0.2, 0.25) is 0 Å². The minimum absolute atomic E-state index is 0.0466. The van der Waals surface area contributed by atoms with Crippen molar-refractivity contribution in [3.05, 3.63) is 58.7 Å². The molecule has 1 saturated carbocycles. The molecule has 26 heavy (non-hydrogen) atoms. The van der Waals surface area contributed by atoms with Crippen molar-refractivity contribution < 1.29 is 27.5 Å². The summed E-state index contributed by atoms with van der Waals surface area (Å²) in [5, 5.41) is 9.18. The number of halogens is 4. The van der Waals surface area contributed by atoms with Gasteiger partial charge in [-0.2, -0.15) is 0 Å². The molecule has 2 aromatic rings. The third-order valence-corrected chi connectivity index (χ3v) is 5.13. The van der Waals surface area contributed by atoms with Crippen LogP contribution in [-0.4, -0.2) is 11.1 Å². The van der Waals surface area contributed by atoms with Crippen molar-refractivity contribution in [3.63, 3.8) is 0 Å². The second kappa shape index (κ2) is 7.09. The molecular formula is C20H18F4O2. The van der Waals surface area contributed by atoms with Gasteiger partial charge in [0.1, 0.15) is 5.82 Å². The zero-order valence-electron chi connectivity index (χ0n) is 14.2. The highest BCUT2D eigenvalue weighted by Gasteiger charge is 2.27. The SMILES string of the molecule is C[C@H]1CC[C@H](c2ccc(C(=O)O)c(F)c2-c2cc(F)c(F)c(F)c2)CC1. The number of hydrogen-bond acceptors (Lipinski definition) is 1. The Morgan fingerprint density at radius 3 is 2.08 bits per heavy atom. The monoisotopic (exact) mass is 366 g/mol. The van der Waals surface area contributed by atoms with E-state index in [1.165, 1.54) is 12.1 Å². The lowest BCUT2D eigenvalue weighted by Crippen LogP contribution is -2.14. The van der Waals surface area contributed by atoms with Crippen LogP contribution in [-0.2, 0) is 0 Å². The number of aromatic carboxylic acids is 1. The van der Waals surface area contributed by atoms with E-state index in [2.05, 4.69) is 6.92 Å². The summed E-state index contributed by atoms with van der Waals surface area (Å²) in [6.07, 6.45) is 3.40. The topological polar surface area (TPSA) is 37.3 Å². The molecule has 0 heterocycles. The van der Waals surface area contributed by atoms with E-state index < -0.39 is 34.8 Å². The molecular weight excluding hydrogens is 348 g/mol. The van der Waals surface area contributed by atoms with Gasteiger partial charge in [0, 0.05) is 5.56 Å². The summed E-state index contributed by atoms with van der Waals surface area (Å²) in [6, 6.07) is 4.08. The zero-order chi connectivity index (χ0) is 19.0. The van der Waals surface area contributed by atoms with Crippen LogP contribution in [0.25, 0.3) is 11.1 Å². The molecule has 1 aliphatic carbocycles. The lowest BCUT2D eigenvalue weighted by Gasteiger charge is -2.28. The van der Waals surface area contributed by atoms with Gasteiger partial charge in [-0.1, -0.05) is 25.8 Å². The number of rotatable bonds is 3. The van der Waals surface area contributed by atoms with E-state index in [0.29, 0.717) is 23.6 Å². The predicted molar refractivity (Wildman–Crippen MR) is 89.0 cm³/mol. The van der Waals surface area contributed by atoms with Crippen LogP contribution in [0.3, 0.4) is 0 Å². The molecule has 6 heteroatoms. The number of benzene rings is 2. The molecule has 1 aliphatic rings. The summed E-state index contributed by atoms with van der Waals surface area (Å²) in [5.41, 5.74) is -0.444. The quantitative estimate of drug-likeness (QED) is 0.542. The van der Waals surface area contributed by atoms with Gasteiger partial charge >= 0.3 is 5.97 Å². The van der Waals surface area contributed by atoms with Gasteiger partial charge in [-0.15, -0.1) is 0 Å². The Labute approximate surface area is 148 Å². The van der Waals surface area contributed by atoms with Gasteiger partial charge < -0.3 is 5.11 Å². The van der Waals surface area contributed by atoms with Crippen LogP contribution in [0.15, 0.2) is 24.3 Å². The second-order valence-corrected chi connectivity index (χ2v) is 6.91. The van der Waals surface area contributed by atoms with Crippen LogP contribution >= 0.6 is 0 Å². The molecule has 2 nitrogen and oxygen atoms in total. The van der Waals surface area contributed by atoms with E-state index in [0.717, 1.165) is 25.7 Å². The highest BCUT2D eigenvalue weighted by atomic mass is 19.2. The molecule has 0 spiro atoms. The maximum absolute atomic E-state index is 14.9. The molecule has 1 fully saturated rings. The molecule has 0 aromatic heterocycles. The zero-order valence-corrected chi connectivity index (χ0v) is 14.2. The summed E-state index contributed by atoms with van der Waals surface area (Å²) in [6.45, 7) is 2.12. The number of carboxylic acid groups (broad SMARTS) is 1. The lowest BCUT2D eigenvalue weighted by molar-refractivity contribution is 0.0692. The van der Waals surface area contributed by atoms with Crippen molar-refractivity contribution >= 4 is 5.97 Å². The molecule has 3 rings (SSSR count). The van der Waals surface area contributed by atoms with Crippen molar-refractivity contribution in [2.24, 2.45) is 5.92 Å². The molecule has 138 valence electrons. The Morgan fingerprint density at radius 1 is 0.962 bits per heavy atom. The van der Waals surface area contributed by atoms with Crippen LogP contribution < -0.4 is 0 Å². The van der Waals surface area contributed by atoms with E-state index >= 15 is 0 Å². The fraction of sp³-hybridized carbons (Fsp3) is 0.350. The molecule has 0 unspecified atom stereocenters. The normalized spacial score (nSPS) is 20.2. The Hall–Kier alpha value is -2.37. The first-order valence-electron chi connectivity index (χ1n) is 8.50. The summed E-state index contributed by atoms with van der Waals surface area (Å²) in [5.74, 6) is -6.56. The maximum atomic E-state index is 14.9. The van der Waals surface area contributed by atoms with E-state index in [1.807, 2.05) is 0 Å². The number of carbonyl (C=O) groups is 1. The number of carboxylic acids is 1. The Kier molecular flexibility index (Phi) is 5.03. The van der Waals surface area contributed by atoms with Crippen LogP contribution in [0, 0.1) is 29.2 Å². The summed E-state index contributed by atoms with van der Waals surface area (Å²) in [7, 11) is 0. The van der Waals surface area contributed by atoms with E-state index in [9.17, 15) is 27.5 Å². The standard InChI is InChI=1S/C20H18F4O2/c1-10-2-4-11(5-3-10)13-6-7-14(20(25)26)18(23)17(13)12-8-15(21)19(24)16(22)9-12/h6-11H,2-5H2,1H3,(H,25,26)/t10-,11-. The molecule has 2 aromatic carbocycles. The van der Waals surface area contributed by atoms with Gasteiger partial charge in [0.05, 0.1) is 5.56 Å². The van der Waals surface area contributed by atoms with Gasteiger partial charge in [-0.25, -0.2) is 22.4 Å². The first-order valence-corrected chi connectivity index (χ1v) is 8.50. The Morgan fingerprint density at radius 2 is 1.54 bits per heavy atom.